The lowest BCUT2D eigenvalue weighted by Crippen LogP contribution is -2.37. The van der Waals surface area contributed by atoms with E-state index in [0.717, 1.165) is 69.1 Å². The minimum atomic E-state index is -0.500. The smallest absolute Gasteiger partial charge is 0.117 e. The third-order valence-corrected chi connectivity index (χ3v) is 5.35. The molecule has 25 heavy (non-hydrogen) atoms. The van der Waals surface area contributed by atoms with Gasteiger partial charge in [-0.2, -0.15) is 5.10 Å². The van der Waals surface area contributed by atoms with E-state index in [-0.39, 0.29) is 5.75 Å². The number of rotatable bonds is 4. The van der Waals surface area contributed by atoms with Crippen LogP contribution in [0.1, 0.15) is 42.5 Å². The molecule has 2 unspecified atom stereocenters. The molecule has 2 heterocycles. The van der Waals surface area contributed by atoms with E-state index in [4.69, 9.17) is 4.74 Å². The van der Waals surface area contributed by atoms with Gasteiger partial charge in [0.15, 0.2) is 0 Å². The highest BCUT2D eigenvalue weighted by Gasteiger charge is 2.31. The number of phenols is 1. The Morgan fingerprint density at radius 2 is 2.04 bits per heavy atom. The number of aromatic nitrogens is 2. The highest BCUT2D eigenvalue weighted by atomic mass is 16.5. The number of benzene rings is 1. The van der Waals surface area contributed by atoms with Crippen molar-refractivity contribution in [2.45, 2.75) is 31.3 Å². The van der Waals surface area contributed by atoms with Gasteiger partial charge >= 0.3 is 0 Å². The standard InChI is InChI=1S/C19H25N3O3/c23-16-3-1-2-15(12-16)22-19-17(13-20-22)14(4-5-18(19)24)6-7-21-8-10-25-11-9-21/h1-3,12-14,18,23-24H,4-11H2. The van der Waals surface area contributed by atoms with Crippen LogP contribution in [-0.4, -0.2) is 57.7 Å². The van der Waals surface area contributed by atoms with Crippen LogP contribution in [0.2, 0.25) is 0 Å². The number of morpholine rings is 1. The predicted octanol–water partition coefficient (Wildman–Crippen LogP) is 2.21. The fraction of sp³-hybridized carbons (Fsp3) is 0.526. The average molecular weight is 343 g/mol. The fourth-order valence-corrected chi connectivity index (χ4v) is 3.96. The normalized spacial score (nSPS) is 24.2. The molecular weight excluding hydrogens is 318 g/mol. The van der Waals surface area contributed by atoms with E-state index in [0.29, 0.717) is 5.92 Å². The number of hydrogen-bond donors (Lipinski definition) is 2. The Bertz CT molecular complexity index is 724. The number of aliphatic hydroxyl groups excluding tert-OH is 1. The van der Waals surface area contributed by atoms with Crippen molar-refractivity contribution in [3.63, 3.8) is 0 Å². The van der Waals surface area contributed by atoms with E-state index in [1.54, 1.807) is 22.9 Å². The quantitative estimate of drug-likeness (QED) is 0.891. The molecule has 2 N–H and O–H groups in total. The molecule has 6 nitrogen and oxygen atoms in total. The van der Waals surface area contributed by atoms with E-state index in [1.807, 2.05) is 12.3 Å². The van der Waals surface area contributed by atoms with Crippen LogP contribution in [0.15, 0.2) is 30.5 Å². The lowest BCUT2D eigenvalue weighted by molar-refractivity contribution is 0.0359. The Labute approximate surface area is 147 Å². The van der Waals surface area contributed by atoms with Gasteiger partial charge in [0.2, 0.25) is 0 Å². The van der Waals surface area contributed by atoms with Crippen molar-refractivity contribution in [1.29, 1.82) is 0 Å². The Balaban J connectivity index is 1.55. The molecule has 4 rings (SSSR count). The second-order valence-electron chi connectivity index (χ2n) is 6.95. The molecule has 2 atom stereocenters. The van der Waals surface area contributed by atoms with Crippen molar-refractivity contribution in [2.75, 3.05) is 32.8 Å². The number of aromatic hydroxyl groups is 1. The number of nitrogens with zero attached hydrogens (tertiary/aromatic N) is 3. The van der Waals surface area contributed by atoms with Crippen LogP contribution in [0.25, 0.3) is 5.69 Å². The molecule has 1 aromatic carbocycles. The Morgan fingerprint density at radius 1 is 1.20 bits per heavy atom. The van der Waals surface area contributed by atoms with E-state index < -0.39 is 6.10 Å². The molecule has 1 aromatic heterocycles. The van der Waals surface area contributed by atoms with Gasteiger partial charge in [0.05, 0.1) is 36.9 Å². The maximum Gasteiger partial charge on any atom is 0.117 e. The van der Waals surface area contributed by atoms with Crippen molar-refractivity contribution in [1.82, 2.24) is 14.7 Å². The zero-order valence-corrected chi connectivity index (χ0v) is 14.3. The van der Waals surface area contributed by atoms with Crippen LogP contribution >= 0.6 is 0 Å². The van der Waals surface area contributed by atoms with Gasteiger partial charge in [-0.1, -0.05) is 6.07 Å². The summed E-state index contributed by atoms with van der Waals surface area (Å²) in [5.74, 6) is 0.628. The fourth-order valence-electron chi connectivity index (χ4n) is 3.96. The van der Waals surface area contributed by atoms with Gasteiger partial charge < -0.3 is 14.9 Å². The van der Waals surface area contributed by atoms with E-state index in [9.17, 15) is 10.2 Å². The summed E-state index contributed by atoms with van der Waals surface area (Å²) >= 11 is 0. The molecule has 1 aliphatic carbocycles. The maximum absolute atomic E-state index is 10.5. The second-order valence-corrected chi connectivity index (χ2v) is 6.95. The highest BCUT2D eigenvalue weighted by Crippen LogP contribution is 2.40. The summed E-state index contributed by atoms with van der Waals surface area (Å²) in [6, 6.07) is 7.01. The summed E-state index contributed by atoms with van der Waals surface area (Å²) in [5.41, 5.74) is 2.81. The molecule has 1 saturated heterocycles. The molecular formula is C19H25N3O3. The first kappa shape index (κ1) is 16.6. The van der Waals surface area contributed by atoms with Crippen LogP contribution < -0.4 is 0 Å². The van der Waals surface area contributed by atoms with Gasteiger partial charge in [0, 0.05) is 19.2 Å². The minimum absolute atomic E-state index is 0.205. The molecule has 1 fully saturated rings. The minimum Gasteiger partial charge on any atom is -0.508 e. The third kappa shape index (κ3) is 3.42. The Morgan fingerprint density at radius 3 is 2.84 bits per heavy atom. The summed E-state index contributed by atoms with van der Waals surface area (Å²) in [7, 11) is 0. The molecule has 0 bridgehead atoms. The van der Waals surface area contributed by atoms with Crippen LogP contribution in [0, 0.1) is 0 Å². The van der Waals surface area contributed by atoms with E-state index in [1.165, 1.54) is 0 Å². The number of hydrogen-bond acceptors (Lipinski definition) is 5. The first-order valence-corrected chi connectivity index (χ1v) is 9.08. The molecule has 6 heteroatoms. The van der Waals surface area contributed by atoms with E-state index in [2.05, 4.69) is 10.00 Å². The van der Waals surface area contributed by atoms with Crippen molar-refractivity contribution >= 4 is 0 Å². The molecule has 0 amide bonds. The number of phenolic OH excluding ortho intramolecular Hbond substituents is 1. The first-order valence-electron chi connectivity index (χ1n) is 9.08. The molecule has 0 spiro atoms. The topological polar surface area (TPSA) is 70.8 Å². The monoisotopic (exact) mass is 343 g/mol. The van der Waals surface area contributed by atoms with Gasteiger partial charge in [-0.15, -0.1) is 0 Å². The zero-order valence-electron chi connectivity index (χ0n) is 14.3. The Hall–Kier alpha value is -1.89. The molecule has 2 aliphatic rings. The summed E-state index contributed by atoms with van der Waals surface area (Å²) in [5, 5.41) is 24.8. The average Bonchev–Trinajstić information content (AvgIpc) is 3.08. The number of aliphatic hydroxyl groups is 1. The van der Waals surface area contributed by atoms with E-state index >= 15 is 0 Å². The summed E-state index contributed by atoms with van der Waals surface area (Å²) in [6.07, 6.45) is 4.21. The first-order chi connectivity index (χ1) is 12.2. The zero-order chi connectivity index (χ0) is 17.2. The van der Waals surface area contributed by atoms with Gasteiger partial charge in [0.1, 0.15) is 5.75 Å². The largest absolute Gasteiger partial charge is 0.508 e. The third-order valence-electron chi connectivity index (χ3n) is 5.35. The van der Waals surface area contributed by atoms with Gasteiger partial charge in [-0.3, -0.25) is 4.90 Å². The highest BCUT2D eigenvalue weighted by molar-refractivity contribution is 5.42. The van der Waals surface area contributed by atoms with Gasteiger partial charge in [-0.25, -0.2) is 4.68 Å². The lowest BCUT2D eigenvalue weighted by atomic mass is 9.83. The number of ether oxygens (including phenoxy) is 1. The summed E-state index contributed by atoms with van der Waals surface area (Å²) in [4.78, 5) is 2.45. The lowest BCUT2D eigenvalue weighted by Gasteiger charge is -2.31. The van der Waals surface area contributed by atoms with Crippen molar-refractivity contribution in [2.24, 2.45) is 0 Å². The van der Waals surface area contributed by atoms with Crippen molar-refractivity contribution in [3.8, 4) is 11.4 Å². The molecule has 2 aromatic rings. The molecule has 134 valence electrons. The predicted molar refractivity (Wildman–Crippen MR) is 94.0 cm³/mol. The second kappa shape index (κ2) is 7.15. The summed E-state index contributed by atoms with van der Waals surface area (Å²) in [6.45, 7) is 4.71. The Kier molecular flexibility index (Phi) is 4.74. The maximum atomic E-state index is 10.5. The molecule has 0 saturated carbocycles. The van der Waals surface area contributed by atoms with Gasteiger partial charge in [-0.05, 0) is 49.4 Å². The molecule has 1 aliphatic heterocycles. The van der Waals surface area contributed by atoms with Crippen LogP contribution in [-0.2, 0) is 4.74 Å². The summed E-state index contributed by atoms with van der Waals surface area (Å²) < 4.78 is 7.19. The van der Waals surface area contributed by atoms with Crippen molar-refractivity contribution in [3.05, 3.63) is 41.7 Å². The van der Waals surface area contributed by atoms with Crippen LogP contribution in [0.5, 0.6) is 5.75 Å². The van der Waals surface area contributed by atoms with Crippen LogP contribution in [0.3, 0.4) is 0 Å². The SMILES string of the molecule is Oc1cccc(-n2ncc3c2C(O)CCC3CCN2CCOCC2)c1. The van der Waals surface area contributed by atoms with Gasteiger partial charge in [0.25, 0.3) is 0 Å². The van der Waals surface area contributed by atoms with Crippen LogP contribution in [0.4, 0.5) is 0 Å². The van der Waals surface area contributed by atoms with Crippen molar-refractivity contribution < 1.29 is 14.9 Å². The number of fused-ring (bicyclic) bond motifs is 1. The molecule has 0 radical (unpaired) electrons.